The molecule has 0 saturated carbocycles. The highest BCUT2D eigenvalue weighted by Crippen LogP contribution is 2.32. The summed E-state index contributed by atoms with van der Waals surface area (Å²) in [5.41, 5.74) is 0.504. The zero-order valence-corrected chi connectivity index (χ0v) is 9.78. The Morgan fingerprint density at radius 2 is 1.50 bits per heavy atom. The molecule has 0 nitrogen and oxygen atoms in total. The van der Waals surface area contributed by atoms with Crippen LogP contribution in [-0.2, 0) is 0 Å². The molecule has 1 atom stereocenters. The molecule has 0 aliphatic rings. The predicted molar refractivity (Wildman–Crippen MR) is 57.3 cm³/mol. The molecule has 0 heteroatoms. The molecule has 0 radical (unpaired) electrons. The second kappa shape index (κ2) is 4.89. The predicted octanol–water partition coefficient (Wildman–Crippen LogP) is 4.49. The lowest BCUT2D eigenvalue weighted by Gasteiger charge is -2.30. The van der Waals surface area contributed by atoms with E-state index in [1.807, 2.05) is 0 Å². The second-order valence-electron chi connectivity index (χ2n) is 5.44. The van der Waals surface area contributed by atoms with Crippen LogP contribution in [0.5, 0.6) is 0 Å². The van der Waals surface area contributed by atoms with Crippen molar-refractivity contribution in [2.24, 2.45) is 17.3 Å². The van der Waals surface area contributed by atoms with Gasteiger partial charge in [0.25, 0.3) is 0 Å². The first-order valence-electron chi connectivity index (χ1n) is 5.38. The third-order valence-corrected chi connectivity index (χ3v) is 2.81. The van der Waals surface area contributed by atoms with Crippen LogP contribution in [0, 0.1) is 17.3 Å². The third kappa shape index (κ3) is 4.79. The monoisotopic (exact) mass is 170 g/mol. The van der Waals surface area contributed by atoms with Gasteiger partial charge in [0.05, 0.1) is 0 Å². The van der Waals surface area contributed by atoms with Crippen LogP contribution < -0.4 is 0 Å². The zero-order chi connectivity index (χ0) is 9.78. The first-order chi connectivity index (χ1) is 5.38. The normalized spacial score (nSPS) is 15.2. The fourth-order valence-electron chi connectivity index (χ4n) is 1.78. The summed E-state index contributed by atoms with van der Waals surface area (Å²) >= 11 is 0. The molecule has 0 heterocycles. The molecule has 12 heavy (non-hydrogen) atoms. The quantitative estimate of drug-likeness (QED) is 0.583. The molecule has 0 N–H and O–H groups in total. The Morgan fingerprint density at radius 1 is 1.00 bits per heavy atom. The Kier molecular flexibility index (Phi) is 4.89. The maximum Gasteiger partial charge on any atom is -0.0354 e. The lowest BCUT2D eigenvalue weighted by atomic mass is 9.76. The van der Waals surface area contributed by atoms with Crippen molar-refractivity contribution in [3.05, 3.63) is 0 Å². The highest BCUT2D eigenvalue weighted by Gasteiger charge is 2.22. The summed E-state index contributed by atoms with van der Waals surface area (Å²) in [5, 5.41) is 0. The Bertz CT molecular complexity index is 106. The minimum absolute atomic E-state index is 0.504. The average molecular weight is 170 g/mol. The summed E-state index contributed by atoms with van der Waals surface area (Å²) in [6.07, 6.45) is 4.11. The first-order valence-corrected chi connectivity index (χ1v) is 5.38. The van der Waals surface area contributed by atoms with Crippen LogP contribution in [0.2, 0.25) is 0 Å². The molecule has 0 aromatic carbocycles. The molecule has 0 aliphatic carbocycles. The standard InChI is InChI=1S/C12H26/c1-7-11(12(4,5)6)9-8-10(2)3/h10-11H,7-9H2,1-6H3. The van der Waals surface area contributed by atoms with Crippen molar-refractivity contribution in [3.8, 4) is 0 Å². The van der Waals surface area contributed by atoms with E-state index in [4.69, 9.17) is 0 Å². The molecule has 74 valence electrons. The summed E-state index contributed by atoms with van der Waals surface area (Å²) in [5.74, 6) is 1.77. The molecule has 0 saturated heterocycles. The van der Waals surface area contributed by atoms with Gasteiger partial charge in [0.1, 0.15) is 0 Å². The van der Waals surface area contributed by atoms with Crippen molar-refractivity contribution >= 4 is 0 Å². The van der Waals surface area contributed by atoms with Gasteiger partial charge in [-0.15, -0.1) is 0 Å². The first kappa shape index (κ1) is 12.0. The smallest absolute Gasteiger partial charge is 0.0354 e. The lowest BCUT2D eigenvalue weighted by molar-refractivity contribution is 0.207. The lowest BCUT2D eigenvalue weighted by Crippen LogP contribution is -2.20. The molecule has 0 aliphatic heterocycles. The van der Waals surface area contributed by atoms with Crippen molar-refractivity contribution < 1.29 is 0 Å². The van der Waals surface area contributed by atoms with Crippen molar-refractivity contribution in [3.63, 3.8) is 0 Å². The van der Waals surface area contributed by atoms with Gasteiger partial charge in [-0.25, -0.2) is 0 Å². The molecule has 0 fully saturated rings. The van der Waals surface area contributed by atoms with Gasteiger partial charge in [-0.2, -0.15) is 0 Å². The Morgan fingerprint density at radius 3 is 1.75 bits per heavy atom. The van der Waals surface area contributed by atoms with Crippen LogP contribution in [0.25, 0.3) is 0 Å². The van der Waals surface area contributed by atoms with Gasteiger partial charge in [-0.05, 0) is 23.7 Å². The highest BCUT2D eigenvalue weighted by molar-refractivity contribution is 4.72. The zero-order valence-electron chi connectivity index (χ0n) is 9.78. The number of hydrogen-bond donors (Lipinski definition) is 0. The van der Waals surface area contributed by atoms with Crippen molar-refractivity contribution in [1.82, 2.24) is 0 Å². The van der Waals surface area contributed by atoms with E-state index >= 15 is 0 Å². The van der Waals surface area contributed by atoms with Crippen LogP contribution in [0.4, 0.5) is 0 Å². The van der Waals surface area contributed by atoms with E-state index < -0.39 is 0 Å². The van der Waals surface area contributed by atoms with Gasteiger partial charge < -0.3 is 0 Å². The largest absolute Gasteiger partial charge is 0.0651 e. The summed E-state index contributed by atoms with van der Waals surface area (Å²) < 4.78 is 0. The molecule has 0 bridgehead atoms. The van der Waals surface area contributed by atoms with Crippen LogP contribution >= 0.6 is 0 Å². The van der Waals surface area contributed by atoms with E-state index in [9.17, 15) is 0 Å². The molecule has 0 spiro atoms. The highest BCUT2D eigenvalue weighted by atomic mass is 14.3. The van der Waals surface area contributed by atoms with Crippen LogP contribution in [0.1, 0.15) is 60.8 Å². The fraction of sp³-hybridized carbons (Fsp3) is 1.00. The van der Waals surface area contributed by atoms with Gasteiger partial charge in [-0.1, -0.05) is 54.4 Å². The SMILES string of the molecule is CCC(CCC(C)C)C(C)(C)C. The fourth-order valence-corrected chi connectivity index (χ4v) is 1.78. The topological polar surface area (TPSA) is 0 Å². The molecule has 1 unspecified atom stereocenters. The maximum atomic E-state index is 2.36. The van der Waals surface area contributed by atoms with Crippen LogP contribution in [0.3, 0.4) is 0 Å². The van der Waals surface area contributed by atoms with E-state index in [2.05, 4.69) is 41.5 Å². The van der Waals surface area contributed by atoms with Gasteiger partial charge in [0.15, 0.2) is 0 Å². The van der Waals surface area contributed by atoms with Crippen molar-refractivity contribution in [1.29, 1.82) is 0 Å². The minimum Gasteiger partial charge on any atom is -0.0651 e. The van der Waals surface area contributed by atoms with Gasteiger partial charge >= 0.3 is 0 Å². The van der Waals surface area contributed by atoms with E-state index in [-0.39, 0.29) is 0 Å². The van der Waals surface area contributed by atoms with E-state index in [1.54, 1.807) is 0 Å². The van der Waals surface area contributed by atoms with Gasteiger partial charge in [-0.3, -0.25) is 0 Å². The number of rotatable bonds is 4. The van der Waals surface area contributed by atoms with Crippen molar-refractivity contribution in [2.75, 3.05) is 0 Å². The summed E-state index contributed by atoms with van der Waals surface area (Å²) in [6, 6.07) is 0. The summed E-state index contributed by atoms with van der Waals surface area (Å²) in [7, 11) is 0. The Hall–Kier alpha value is 0. The van der Waals surface area contributed by atoms with E-state index in [0.717, 1.165) is 11.8 Å². The van der Waals surface area contributed by atoms with Gasteiger partial charge in [0, 0.05) is 0 Å². The van der Waals surface area contributed by atoms with Crippen LogP contribution in [0.15, 0.2) is 0 Å². The summed E-state index contributed by atoms with van der Waals surface area (Å²) in [6.45, 7) is 14.0. The Labute approximate surface area is 78.8 Å². The molecular weight excluding hydrogens is 144 g/mol. The molecule has 0 aromatic heterocycles. The number of hydrogen-bond acceptors (Lipinski definition) is 0. The Balaban J connectivity index is 3.84. The average Bonchev–Trinajstić information content (AvgIpc) is 1.85. The maximum absolute atomic E-state index is 2.36. The molecule has 0 rings (SSSR count). The molecular formula is C12H26. The van der Waals surface area contributed by atoms with Crippen molar-refractivity contribution in [2.45, 2.75) is 60.8 Å². The van der Waals surface area contributed by atoms with E-state index in [1.165, 1.54) is 19.3 Å². The molecule has 0 amide bonds. The minimum atomic E-state index is 0.504. The third-order valence-electron chi connectivity index (χ3n) is 2.81. The van der Waals surface area contributed by atoms with E-state index in [0.29, 0.717) is 5.41 Å². The van der Waals surface area contributed by atoms with Gasteiger partial charge in [0.2, 0.25) is 0 Å². The second-order valence-corrected chi connectivity index (χ2v) is 5.44. The molecule has 0 aromatic rings. The van der Waals surface area contributed by atoms with Crippen LogP contribution in [-0.4, -0.2) is 0 Å². The summed E-state index contributed by atoms with van der Waals surface area (Å²) in [4.78, 5) is 0.